The van der Waals surface area contributed by atoms with Crippen LogP contribution in [0.2, 0.25) is 0 Å². The SMILES string of the molecule is CC1(C)COc2cc(NC(=O)Cc3cccs3)ccc2NC1=O. The number of rotatable bonds is 3. The van der Waals surface area contributed by atoms with Gasteiger partial charge in [-0.25, -0.2) is 0 Å². The van der Waals surface area contributed by atoms with E-state index in [-0.39, 0.29) is 11.8 Å². The fourth-order valence-electron chi connectivity index (χ4n) is 2.21. The topological polar surface area (TPSA) is 67.4 Å². The van der Waals surface area contributed by atoms with Crippen LogP contribution in [0.5, 0.6) is 5.75 Å². The van der Waals surface area contributed by atoms with Crippen LogP contribution in [0.15, 0.2) is 35.7 Å². The molecular formula is C17H18N2O3S. The number of fused-ring (bicyclic) bond motifs is 1. The van der Waals surface area contributed by atoms with Crippen molar-refractivity contribution >= 4 is 34.5 Å². The molecule has 3 rings (SSSR count). The lowest BCUT2D eigenvalue weighted by molar-refractivity contribution is -0.125. The standard InChI is InChI=1S/C17H18N2O3S/c1-17(2)10-22-14-8-11(5-6-13(14)19-16(17)21)18-15(20)9-12-4-3-7-23-12/h3-8H,9-10H2,1-2H3,(H,18,20)(H,19,21). The normalized spacial score (nSPS) is 15.8. The minimum atomic E-state index is -0.596. The highest BCUT2D eigenvalue weighted by atomic mass is 32.1. The van der Waals surface area contributed by atoms with Crippen LogP contribution >= 0.6 is 11.3 Å². The van der Waals surface area contributed by atoms with Gasteiger partial charge in [0.1, 0.15) is 12.4 Å². The monoisotopic (exact) mass is 330 g/mol. The average molecular weight is 330 g/mol. The molecule has 0 aliphatic carbocycles. The van der Waals surface area contributed by atoms with Crippen LogP contribution in [0.4, 0.5) is 11.4 Å². The summed E-state index contributed by atoms with van der Waals surface area (Å²) in [5.41, 5.74) is 0.679. The van der Waals surface area contributed by atoms with Gasteiger partial charge in [0, 0.05) is 16.6 Å². The van der Waals surface area contributed by atoms with Crippen LogP contribution in [-0.2, 0) is 16.0 Å². The van der Waals surface area contributed by atoms with Gasteiger partial charge in [-0.3, -0.25) is 9.59 Å². The fourth-order valence-corrected chi connectivity index (χ4v) is 2.92. The molecule has 2 aromatic rings. The molecule has 1 aromatic heterocycles. The highest BCUT2D eigenvalue weighted by Crippen LogP contribution is 2.34. The third kappa shape index (κ3) is 3.53. The van der Waals surface area contributed by atoms with Crippen LogP contribution in [0, 0.1) is 5.41 Å². The van der Waals surface area contributed by atoms with E-state index in [2.05, 4.69) is 10.6 Å². The van der Waals surface area contributed by atoms with Crippen molar-refractivity contribution in [1.29, 1.82) is 0 Å². The van der Waals surface area contributed by atoms with Gasteiger partial charge in [-0.1, -0.05) is 6.07 Å². The molecule has 0 atom stereocenters. The Labute approximate surface area is 138 Å². The summed E-state index contributed by atoms with van der Waals surface area (Å²) in [6.45, 7) is 3.95. The molecule has 5 nitrogen and oxygen atoms in total. The maximum absolute atomic E-state index is 12.1. The molecule has 0 unspecified atom stereocenters. The molecule has 1 aliphatic heterocycles. The first kappa shape index (κ1) is 15.6. The molecule has 2 amide bonds. The number of hydrogen-bond donors (Lipinski definition) is 2. The molecule has 0 saturated heterocycles. The van der Waals surface area contributed by atoms with Gasteiger partial charge >= 0.3 is 0 Å². The van der Waals surface area contributed by atoms with Gasteiger partial charge in [0.2, 0.25) is 11.8 Å². The van der Waals surface area contributed by atoms with Crippen molar-refractivity contribution < 1.29 is 14.3 Å². The van der Waals surface area contributed by atoms with E-state index in [0.717, 1.165) is 4.88 Å². The van der Waals surface area contributed by atoms with Crippen LogP contribution in [-0.4, -0.2) is 18.4 Å². The summed E-state index contributed by atoms with van der Waals surface area (Å²) in [5, 5.41) is 7.66. The number of hydrogen-bond acceptors (Lipinski definition) is 4. The maximum Gasteiger partial charge on any atom is 0.233 e. The van der Waals surface area contributed by atoms with Crippen LogP contribution in [0.25, 0.3) is 0 Å². The van der Waals surface area contributed by atoms with Gasteiger partial charge in [0.15, 0.2) is 0 Å². The molecule has 1 aromatic carbocycles. The van der Waals surface area contributed by atoms with E-state index in [4.69, 9.17) is 4.74 Å². The number of anilines is 2. The number of ether oxygens (including phenoxy) is 1. The van der Waals surface area contributed by atoms with Crippen molar-refractivity contribution in [3.8, 4) is 5.75 Å². The fraction of sp³-hybridized carbons (Fsp3) is 0.294. The Balaban J connectivity index is 1.73. The van der Waals surface area contributed by atoms with Crippen LogP contribution in [0.3, 0.4) is 0 Å². The Bertz CT molecular complexity index is 738. The number of carbonyl (C=O) groups is 2. The zero-order valence-electron chi connectivity index (χ0n) is 13.0. The van der Waals surface area contributed by atoms with Crippen molar-refractivity contribution in [2.45, 2.75) is 20.3 Å². The third-order valence-corrected chi connectivity index (χ3v) is 4.51. The number of carbonyl (C=O) groups excluding carboxylic acids is 2. The molecule has 0 saturated carbocycles. The first-order valence-corrected chi connectivity index (χ1v) is 8.22. The Morgan fingerprint density at radius 2 is 2.22 bits per heavy atom. The minimum Gasteiger partial charge on any atom is -0.490 e. The predicted octanol–water partition coefficient (Wildman–Crippen LogP) is 3.29. The lowest BCUT2D eigenvalue weighted by Gasteiger charge is -2.18. The second-order valence-corrected chi connectivity index (χ2v) is 7.17. The zero-order chi connectivity index (χ0) is 16.4. The van der Waals surface area contributed by atoms with E-state index in [9.17, 15) is 9.59 Å². The Morgan fingerprint density at radius 1 is 1.39 bits per heavy atom. The highest BCUT2D eigenvalue weighted by Gasteiger charge is 2.32. The van der Waals surface area contributed by atoms with Gasteiger partial charge in [-0.05, 0) is 37.4 Å². The van der Waals surface area contributed by atoms with Crippen molar-refractivity contribution in [3.63, 3.8) is 0 Å². The number of amides is 2. The quantitative estimate of drug-likeness (QED) is 0.907. The van der Waals surface area contributed by atoms with E-state index in [1.807, 2.05) is 31.4 Å². The smallest absolute Gasteiger partial charge is 0.233 e. The highest BCUT2D eigenvalue weighted by molar-refractivity contribution is 7.10. The second-order valence-electron chi connectivity index (χ2n) is 6.14. The number of nitrogens with one attached hydrogen (secondary N) is 2. The van der Waals surface area contributed by atoms with E-state index in [0.29, 0.717) is 30.2 Å². The third-order valence-electron chi connectivity index (χ3n) is 3.63. The zero-order valence-corrected chi connectivity index (χ0v) is 13.8. The van der Waals surface area contributed by atoms with E-state index in [1.165, 1.54) is 0 Å². The molecular weight excluding hydrogens is 312 g/mol. The number of thiophene rings is 1. The molecule has 0 bridgehead atoms. The Kier molecular flexibility index (Phi) is 4.09. The van der Waals surface area contributed by atoms with Gasteiger partial charge in [-0.2, -0.15) is 0 Å². The molecule has 0 spiro atoms. The molecule has 2 heterocycles. The van der Waals surface area contributed by atoms with Crippen molar-refractivity contribution in [1.82, 2.24) is 0 Å². The summed E-state index contributed by atoms with van der Waals surface area (Å²) in [5.74, 6) is 0.411. The minimum absolute atomic E-state index is 0.0780. The summed E-state index contributed by atoms with van der Waals surface area (Å²) >= 11 is 1.55. The van der Waals surface area contributed by atoms with Crippen molar-refractivity contribution in [2.75, 3.05) is 17.2 Å². The largest absolute Gasteiger partial charge is 0.490 e. The second kappa shape index (κ2) is 6.04. The average Bonchev–Trinajstić information content (AvgIpc) is 2.96. The van der Waals surface area contributed by atoms with Gasteiger partial charge in [0.25, 0.3) is 0 Å². The predicted molar refractivity (Wildman–Crippen MR) is 91.0 cm³/mol. The molecule has 23 heavy (non-hydrogen) atoms. The summed E-state index contributed by atoms with van der Waals surface area (Å²) in [7, 11) is 0. The lowest BCUT2D eigenvalue weighted by atomic mass is 9.94. The van der Waals surface area contributed by atoms with E-state index in [1.54, 1.807) is 29.5 Å². The first-order valence-electron chi connectivity index (χ1n) is 7.34. The van der Waals surface area contributed by atoms with E-state index >= 15 is 0 Å². The molecule has 2 N–H and O–H groups in total. The van der Waals surface area contributed by atoms with Crippen LogP contribution in [0.1, 0.15) is 18.7 Å². The van der Waals surface area contributed by atoms with Crippen molar-refractivity contribution in [3.05, 3.63) is 40.6 Å². The van der Waals surface area contributed by atoms with Crippen molar-refractivity contribution in [2.24, 2.45) is 5.41 Å². The van der Waals surface area contributed by atoms with Gasteiger partial charge < -0.3 is 15.4 Å². The lowest BCUT2D eigenvalue weighted by Crippen LogP contribution is -2.33. The maximum atomic E-state index is 12.1. The molecule has 120 valence electrons. The summed E-state index contributed by atoms with van der Waals surface area (Å²) in [4.78, 5) is 25.2. The number of benzene rings is 1. The molecule has 6 heteroatoms. The summed E-state index contributed by atoms with van der Waals surface area (Å²) in [6.07, 6.45) is 0.347. The molecule has 0 radical (unpaired) electrons. The van der Waals surface area contributed by atoms with Gasteiger partial charge in [0.05, 0.1) is 17.5 Å². The molecule has 1 aliphatic rings. The molecule has 0 fully saturated rings. The first-order chi connectivity index (χ1) is 10.9. The summed E-state index contributed by atoms with van der Waals surface area (Å²) in [6, 6.07) is 9.10. The Hall–Kier alpha value is -2.34. The Morgan fingerprint density at radius 3 is 2.96 bits per heavy atom. The van der Waals surface area contributed by atoms with Crippen LogP contribution < -0.4 is 15.4 Å². The van der Waals surface area contributed by atoms with E-state index < -0.39 is 5.41 Å². The van der Waals surface area contributed by atoms with Gasteiger partial charge in [-0.15, -0.1) is 11.3 Å². The summed E-state index contributed by atoms with van der Waals surface area (Å²) < 4.78 is 5.73.